The first-order valence-corrected chi connectivity index (χ1v) is 12.2. The van der Waals surface area contributed by atoms with Crippen LogP contribution in [0.1, 0.15) is 32.3 Å². The molecule has 2 aliphatic heterocycles. The number of fused-ring (bicyclic) bond motifs is 3. The van der Waals surface area contributed by atoms with Gasteiger partial charge in [0.2, 0.25) is 5.91 Å². The summed E-state index contributed by atoms with van der Waals surface area (Å²) in [7, 11) is 1.22. The molecule has 7 nitrogen and oxygen atoms in total. The Labute approximate surface area is 216 Å². The van der Waals surface area contributed by atoms with Crippen LogP contribution in [-0.2, 0) is 24.5 Å². The molecule has 9 heteroatoms. The summed E-state index contributed by atoms with van der Waals surface area (Å²) in [5, 5.41) is 3.22. The first kappa shape index (κ1) is 23.6. The van der Waals surface area contributed by atoms with Crippen molar-refractivity contribution >= 4 is 56.6 Å². The van der Waals surface area contributed by atoms with Gasteiger partial charge in [-0.2, -0.15) is 0 Å². The third-order valence-electron chi connectivity index (χ3n) is 6.83. The number of nitrogens with two attached hydrogens (primary N) is 1. The number of esters is 1. The first-order valence-electron chi connectivity index (χ1n) is 11.0. The number of rotatable bonds is 2. The van der Waals surface area contributed by atoms with Crippen molar-refractivity contribution in [3.05, 3.63) is 80.2 Å². The van der Waals surface area contributed by atoms with Crippen LogP contribution in [-0.4, -0.2) is 24.8 Å². The normalized spacial score (nSPS) is 22.8. The van der Waals surface area contributed by atoms with Gasteiger partial charge in [-0.05, 0) is 36.1 Å². The average molecular weight is 557 g/mol. The molecular weight excluding hydrogens is 534 g/mol. The van der Waals surface area contributed by atoms with Crippen LogP contribution in [0.15, 0.2) is 69.6 Å². The lowest BCUT2D eigenvalue weighted by atomic mass is 9.60. The molecule has 5 rings (SSSR count). The molecule has 1 unspecified atom stereocenters. The van der Waals surface area contributed by atoms with Crippen LogP contribution in [0.25, 0.3) is 0 Å². The third kappa shape index (κ3) is 3.27. The van der Waals surface area contributed by atoms with Crippen molar-refractivity contribution in [1.82, 2.24) is 0 Å². The third-order valence-corrected chi connectivity index (χ3v) is 7.63. The van der Waals surface area contributed by atoms with Crippen LogP contribution in [0.5, 0.6) is 0 Å². The van der Waals surface area contributed by atoms with Crippen molar-refractivity contribution in [3.63, 3.8) is 0 Å². The topological polar surface area (TPSA) is 102 Å². The smallest absolute Gasteiger partial charge is 0.339 e. The fourth-order valence-corrected chi connectivity index (χ4v) is 6.29. The first-order chi connectivity index (χ1) is 16.5. The van der Waals surface area contributed by atoms with E-state index in [1.54, 1.807) is 47.4 Å². The van der Waals surface area contributed by atoms with E-state index in [-0.39, 0.29) is 29.2 Å². The van der Waals surface area contributed by atoms with Crippen molar-refractivity contribution in [2.24, 2.45) is 11.1 Å². The number of nitrogens with zero attached hydrogens (tertiary/aromatic N) is 1. The molecule has 1 spiro atoms. The zero-order chi connectivity index (χ0) is 25.3. The van der Waals surface area contributed by atoms with Gasteiger partial charge in [0.05, 0.1) is 17.8 Å². The summed E-state index contributed by atoms with van der Waals surface area (Å²) >= 11 is 10.0. The molecule has 2 heterocycles. The summed E-state index contributed by atoms with van der Waals surface area (Å²) in [6.07, 6.45) is 0.645. The minimum absolute atomic E-state index is 0.00262. The summed E-state index contributed by atoms with van der Waals surface area (Å²) in [6.45, 7) is 3.97. The van der Waals surface area contributed by atoms with Crippen LogP contribution < -0.4 is 16.0 Å². The SMILES string of the molecule is COC(=O)C1=C(N)N(c2ccc(Br)cc2Cl)C2=C(C(=O)CC(C)(C)C2)C12C(=O)Nc1ccccc12. The van der Waals surface area contributed by atoms with Gasteiger partial charge in [0.1, 0.15) is 16.8 Å². The number of hydrogen-bond donors (Lipinski definition) is 2. The van der Waals surface area contributed by atoms with Crippen molar-refractivity contribution < 1.29 is 19.1 Å². The van der Waals surface area contributed by atoms with Gasteiger partial charge in [0.25, 0.3) is 0 Å². The van der Waals surface area contributed by atoms with E-state index >= 15 is 0 Å². The van der Waals surface area contributed by atoms with Gasteiger partial charge in [-0.1, -0.05) is 59.6 Å². The maximum atomic E-state index is 13.9. The highest BCUT2D eigenvalue weighted by Crippen LogP contribution is 2.57. The number of methoxy groups -OCH3 is 1. The number of carbonyl (C=O) groups excluding carboxylic acids is 3. The summed E-state index contributed by atoms with van der Waals surface area (Å²) in [4.78, 5) is 42.8. The van der Waals surface area contributed by atoms with E-state index in [0.717, 1.165) is 4.47 Å². The average Bonchev–Trinajstić information content (AvgIpc) is 3.06. The number of halogens is 2. The van der Waals surface area contributed by atoms with Crippen LogP contribution in [0, 0.1) is 5.41 Å². The van der Waals surface area contributed by atoms with Crippen molar-refractivity contribution in [2.45, 2.75) is 32.1 Å². The number of benzene rings is 2. The highest BCUT2D eigenvalue weighted by molar-refractivity contribution is 9.10. The fraction of sp³-hybridized carbons (Fsp3) is 0.269. The van der Waals surface area contributed by atoms with E-state index < -0.39 is 22.7 Å². The van der Waals surface area contributed by atoms with Gasteiger partial charge in [0, 0.05) is 33.4 Å². The second kappa shape index (κ2) is 7.96. The Morgan fingerprint density at radius 3 is 2.57 bits per heavy atom. The summed E-state index contributed by atoms with van der Waals surface area (Å²) in [5.41, 5.74) is 6.81. The zero-order valence-electron chi connectivity index (χ0n) is 19.4. The van der Waals surface area contributed by atoms with Crippen molar-refractivity contribution in [2.75, 3.05) is 17.3 Å². The molecule has 2 aromatic carbocycles. The number of Topliss-reactive ketones (excluding diaryl/α,β-unsaturated/α-hetero) is 1. The molecule has 0 saturated carbocycles. The number of hydrogen-bond acceptors (Lipinski definition) is 6. The number of carbonyl (C=O) groups is 3. The lowest BCUT2D eigenvalue weighted by molar-refractivity contribution is -0.138. The maximum Gasteiger partial charge on any atom is 0.339 e. The molecule has 1 aliphatic carbocycles. The minimum atomic E-state index is -1.73. The van der Waals surface area contributed by atoms with Gasteiger partial charge in [-0.3, -0.25) is 14.5 Å². The van der Waals surface area contributed by atoms with Crippen LogP contribution in [0.2, 0.25) is 5.02 Å². The maximum absolute atomic E-state index is 13.9. The number of nitrogens with one attached hydrogen (secondary N) is 1. The molecular formula is C26H23BrClN3O4. The molecule has 3 N–H and O–H groups in total. The largest absolute Gasteiger partial charge is 0.466 e. The van der Waals surface area contributed by atoms with Gasteiger partial charge in [-0.15, -0.1) is 0 Å². The van der Waals surface area contributed by atoms with E-state index in [1.807, 2.05) is 13.8 Å². The Bertz CT molecular complexity index is 1400. The number of para-hydroxylation sites is 1. The molecule has 3 aliphatic rings. The molecule has 0 radical (unpaired) electrons. The van der Waals surface area contributed by atoms with Crippen molar-refractivity contribution in [3.8, 4) is 0 Å². The summed E-state index contributed by atoms with van der Waals surface area (Å²) < 4.78 is 5.90. The predicted molar refractivity (Wildman–Crippen MR) is 137 cm³/mol. The number of anilines is 2. The Balaban J connectivity index is 1.94. The van der Waals surface area contributed by atoms with Crippen LogP contribution in [0.3, 0.4) is 0 Å². The van der Waals surface area contributed by atoms with Crippen LogP contribution >= 0.6 is 27.5 Å². The number of amides is 1. The minimum Gasteiger partial charge on any atom is -0.466 e. The summed E-state index contributed by atoms with van der Waals surface area (Å²) in [6, 6.07) is 12.3. The lowest BCUT2D eigenvalue weighted by Gasteiger charge is -2.47. The van der Waals surface area contributed by atoms with E-state index in [1.165, 1.54) is 7.11 Å². The van der Waals surface area contributed by atoms with E-state index in [0.29, 0.717) is 34.1 Å². The number of allylic oxidation sites excluding steroid dienone is 1. The molecule has 1 amide bonds. The quantitative estimate of drug-likeness (QED) is 0.516. The molecule has 35 heavy (non-hydrogen) atoms. The van der Waals surface area contributed by atoms with E-state index in [9.17, 15) is 14.4 Å². The van der Waals surface area contributed by atoms with Crippen LogP contribution in [0.4, 0.5) is 11.4 Å². The van der Waals surface area contributed by atoms with Gasteiger partial charge < -0.3 is 15.8 Å². The highest BCUT2D eigenvalue weighted by atomic mass is 79.9. The second-order valence-electron chi connectivity index (χ2n) is 9.70. The highest BCUT2D eigenvalue weighted by Gasteiger charge is 2.62. The molecule has 1 atom stereocenters. The Morgan fingerprint density at radius 1 is 1.17 bits per heavy atom. The van der Waals surface area contributed by atoms with Crippen molar-refractivity contribution in [1.29, 1.82) is 0 Å². The molecule has 2 aromatic rings. The Morgan fingerprint density at radius 2 is 1.89 bits per heavy atom. The zero-order valence-corrected chi connectivity index (χ0v) is 21.7. The predicted octanol–water partition coefficient (Wildman–Crippen LogP) is 4.80. The molecule has 180 valence electrons. The van der Waals surface area contributed by atoms with E-state index in [4.69, 9.17) is 22.1 Å². The molecule has 0 aromatic heterocycles. The van der Waals surface area contributed by atoms with Gasteiger partial charge in [-0.25, -0.2) is 4.79 Å². The molecule has 0 fully saturated rings. The van der Waals surface area contributed by atoms with E-state index in [2.05, 4.69) is 21.2 Å². The number of ketones is 1. The van der Waals surface area contributed by atoms with Gasteiger partial charge >= 0.3 is 5.97 Å². The van der Waals surface area contributed by atoms with Gasteiger partial charge in [0.15, 0.2) is 5.78 Å². The Hall–Kier alpha value is -3.10. The second-order valence-corrected chi connectivity index (χ2v) is 11.0. The monoisotopic (exact) mass is 555 g/mol. The Kier molecular flexibility index (Phi) is 5.38. The lowest BCUT2D eigenvalue weighted by Crippen LogP contribution is -2.54. The molecule has 0 saturated heterocycles. The fourth-order valence-electron chi connectivity index (χ4n) is 5.53. The standard InChI is InChI=1S/C26H23BrClN3O4/c1-25(2)11-18-20(19(32)12-25)26(14-6-4-5-7-16(14)30-24(26)34)21(23(33)35-3)22(29)31(18)17-9-8-13(27)10-15(17)28/h4-10H,11-12,29H2,1-3H3,(H,30,34). The summed E-state index contributed by atoms with van der Waals surface area (Å²) in [5.74, 6) is -1.53. The molecule has 0 bridgehead atoms. The number of ether oxygens (including phenoxy) is 1.